The third-order valence-corrected chi connectivity index (χ3v) is 4.42. The average molecular weight is 336 g/mol. The molecule has 0 fully saturated rings. The quantitative estimate of drug-likeness (QED) is 0.595. The number of nitrogens with zero attached hydrogens (tertiary/aromatic N) is 2. The van der Waals surface area contributed by atoms with E-state index in [1.54, 1.807) is 11.5 Å². The Morgan fingerprint density at radius 2 is 1.54 bits per heavy atom. The number of aromatic nitrogens is 2. The van der Waals surface area contributed by atoms with Crippen LogP contribution in [0.4, 0.5) is 8.78 Å². The van der Waals surface area contributed by atoms with Crippen LogP contribution in [-0.4, -0.2) is 9.55 Å². The first-order chi connectivity index (χ1) is 11.5. The number of benzene rings is 1. The lowest BCUT2D eigenvalue weighted by molar-refractivity contribution is 0.509. The molecule has 0 aliphatic rings. The van der Waals surface area contributed by atoms with Gasteiger partial charge in [-0.15, -0.1) is 0 Å². The zero-order valence-electron chi connectivity index (χ0n) is 14.6. The summed E-state index contributed by atoms with van der Waals surface area (Å²) in [5.74, 6) is -1.44. The van der Waals surface area contributed by atoms with Gasteiger partial charge in [-0.1, -0.05) is 51.9 Å². The van der Waals surface area contributed by atoms with Crippen LogP contribution < -0.4 is 5.56 Å². The summed E-state index contributed by atoms with van der Waals surface area (Å²) in [4.78, 5) is 16.7. The Labute approximate surface area is 141 Å². The molecule has 0 saturated carbocycles. The largest absolute Gasteiger partial charge is 0.296 e. The predicted octanol–water partition coefficient (Wildman–Crippen LogP) is 5.12. The normalized spacial score (nSPS) is 11.3. The fourth-order valence-electron chi connectivity index (χ4n) is 2.99. The Morgan fingerprint density at radius 1 is 0.958 bits per heavy atom. The molecule has 0 N–H and O–H groups in total. The summed E-state index contributed by atoms with van der Waals surface area (Å²) in [6.07, 6.45) is 9.48. The second-order valence-electron chi connectivity index (χ2n) is 6.37. The minimum atomic E-state index is -1.01. The van der Waals surface area contributed by atoms with E-state index in [0.717, 1.165) is 25.0 Å². The average Bonchev–Trinajstić information content (AvgIpc) is 2.55. The maximum atomic E-state index is 13.4. The van der Waals surface area contributed by atoms with Crippen molar-refractivity contribution in [2.75, 3.05) is 0 Å². The molecule has 1 aromatic carbocycles. The van der Waals surface area contributed by atoms with Crippen LogP contribution in [0, 0.1) is 18.6 Å². The van der Waals surface area contributed by atoms with E-state index < -0.39 is 11.6 Å². The number of rotatable bonds is 9. The molecule has 1 aromatic heterocycles. The van der Waals surface area contributed by atoms with Gasteiger partial charge >= 0.3 is 0 Å². The molecule has 132 valence electrons. The van der Waals surface area contributed by atoms with Crippen molar-refractivity contribution >= 4 is 10.9 Å². The molecule has 0 aliphatic heterocycles. The zero-order chi connectivity index (χ0) is 17.5. The smallest absolute Gasteiger partial charge is 0.261 e. The molecule has 0 atom stereocenters. The van der Waals surface area contributed by atoms with Crippen LogP contribution in [0.3, 0.4) is 0 Å². The molecule has 0 aliphatic carbocycles. The zero-order valence-corrected chi connectivity index (χ0v) is 14.6. The van der Waals surface area contributed by atoms with E-state index in [-0.39, 0.29) is 16.5 Å². The lowest BCUT2D eigenvalue weighted by atomic mass is 10.1. The molecule has 0 bridgehead atoms. The molecule has 2 rings (SSSR count). The second kappa shape index (κ2) is 8.90. The van der Waals surface area contributed by atoms with E-state index in [2.05, 4.69) is 11.9 Å². The number of halogens is 2. The Balaban J connectivity index is 1.97. The van der Waals surface area contributed by atoms with Gasteiger partial charge in [0.25, 0.3) is 5.56 Å². The highest BCUT2D eigenvalue weighted by molar-refractivity contribution is 5.77. The summed E-state index contributed by atoms with van der Waals surface area (Å²) >= 11 is 0. The summed E-state index contributed by atoms with van der Waals surface area (Å²) in [6.45, 7) is 4.51. The van der Waals surface area contributed by atoms with Crippen molar-refractivity contribution in [3.63, 3.8) is 0 Å². The summed E-state index contributed by atoms with van der Waals surface area (Å²) in [5, 5.41) is 0.138. The predicted molar refractivity (Wildman–Crippen MR) is 93.3 cm³/mol. The van der Waals surface area contributed by atoms with E-state index in [0.29, 0.717) is 12.4 Å². The van der Waals surface area contributed by atoms with E-state index in [9.17, 15) is 13.6 Å². The van der Waals surface area contributed by atoms with Gasteiger partial charge in [-0.25, -0.2) is 13.8 Å². The van der Waals surface area contributed by atoms with Crippen molar-refractivity contribution in [1.82, 2.24) is 9.55 Å². The minimum absolute atomic E-state index is 0.138. The van der Waals surface area contributed by atoms with Crippen LogP contribution in [-0.2, 0) is 6.54 Å². The third-order valence-electron chi connectivity index (χ3n) is 4.42. The van der Waals surface area contributed by atoms with Gasteiger partial charge in [-0.3, -0.25) is 9.36 Å². The van der Waals surface area contributed by atoms with Gasteiger partial charge < -0.3 is 0 Å². The van der Waals surface area contributed by atoms with Crippen molar-refractivity contribution < 1.29 is 8.78 Å². The summed E-state index contributed by atoms with van der Waals surface area (Å²) in [6, 6.07) is 1.93. The molecule has 0 amide bonds. The highest BCUT2D eigenvalue weighted by Gasteiger charge is 2.12. The molecule has 24 heavy (non-hydrogen) atoms. The molecule has 0 radical (unpaired) electrons. The number of hydrogen-bond donors (Lipinski definition) is 0. The summed E-state index contributed by atoms with van der Waals surface area (Å²) < 4.78 is 28.2. The first kappa shape index (κ1) is 18.6. The summed E-state index contributed by atoms with van der Waals surface area (Å²) in [7, 11) is 0. The Morgan fingerprint density at radius 3 is 2.21 bits per heavy atom. The highest BCUT2D eigenvalue weighted by atomic mass is 19.2. The Bertz CT molecular complexity index is 740. The van der Waals surface area contributed by atoms with E-state index in [4.69, 9.17) is 0 Å². The minimum Gasteiger partial charge on any atom is -0.296 e. The molecule has 0 saturated heterocycles. The van der Waals surface area contributed by atoms with Gasteiger partial charge in [-0.2, -0.15) is 0 Å². The molecule has 3 nitrogen and oxygen atoms in total. The Hall–Kier alpha value is -1.78. The van der Waals surface area contributed by atoms with Crippen LogP contribution in [0.25, 0.3) is 10.9 Å². The van der Waals surface area contributed by atoms with E-state index in [1.807, 2.05) is 0 Å². The SMILES string of the molecule is CCCCCCCCCCn1c(C)nc2cc(F)c(F)cc2c1=O. The van der Waals surface area contributed by atoms with E-state index >= 15 is 0 Å². The maximum Gasteiger partial charge on any atom is 0.261 e. The number of hydrogen-bond acceptors (Lipinski definition) is 2. The van der Waals surface area contributed by atoms with Crippen molar-refractivity contribution in [1.29, 1.82) is 0 Å². The van der Waals surface area contributed by atoms with Crippen LogP contribution in [0.5, 0.6) is 0 Å². The lowest BCUT2D eigenvalue weighted by Gasteiger charge is -2.11. The monoisotopic (exact) mass is 336 g/mol. The Kier molecular flexibility index (Phi) is 6.88. The number of aryl methyl sites for hydroxylation is 1. The molecule has 0 unspecified atom stereocenters. The van der Waals surface area contributed by atoms with Crippen LogP contribution in [0.1, 0.15) is 64.1 Å². The lowest BCUT2D eigenvalue weighted by Crippen LogP contribution is -2.24. The summed E-state index contributed by atoms with van der Waals surface area (Å²) in [5.41, 5.74) is -0.0806. The molecule has 5 heteroatoms. The fourth-order valence-corrected chi connectivity index (χ4v) is 2.99. The first-order valence-corrected chi connectivity index (χ1v) is 8.90. The highest BCUT2D eigenvalue weighted by Crippen LogP contribution is 2.15. The molecule has 1 heterocycles. The van der Waals surface area contributed by atoms with Crippen LogP contribution in [0.15, 0.2) is 16.9 Å². The maximum absolute atomic E-state index is 13.4. The third kappa shape index (κ3) is 4.62. The molecule has 2 aromatic rings. The van der Waals surface area contributed by atoms with Crippen molar-refractivity contribution in [3.8, 4) is 0 Å². The van der Waals surface area contributed by atoms with Gasteiger partial charge in [0.15, 0.2) is 11.6 Å². The first-order valence-electron chi connectivity index (χ1n) is 8.90. The molecule has 0 spiro atoms. The fraction of sp³-hybridized carbons (Fsp3) is 0.579. The van der Waals surface area contributed by atoms with Gasteiger partial charge in [0.05, 0.1) is 10.9 Å². The molecular formula is C19H26F2N2O. The topological polar surface area (TPSA) is 34.9 Å². The van der Waals surface area contributed by atoms with Gasteiger partial charge in [0, 0.05) is 12.6 Å². The van der Waals surface area contributed by atoms with Gasteiger partial charge in [0.1, 0.15) is 5.82 Å². The van der Waals surface area contributed by atoms with Crippen LogP contribution in [0.2, 0.25) is 0 Å². The van der Waals surface area contributed by atoms with Gasteiger partial charge in [0.2, 0.25) is 0 Å². The number of fused-ring (bicyclic) bond motifs is 1. The van der Waals surface area contributed by atoms with Gasteiger partial charge in [-0.05, 0) is 19.4 Å². The van der Waals surface area contributed by atoms with Crippen molar-refractivity contribution in [3.05, 3.63) is 39.9 Å². The molecular weight excluding hydrogens is 310 g/mol. The van der Waals surface area contributed by atoms with E-state index in [1.165, 1.54) is 38.5 Å². The van der Waals surface area contributed by atoms with Crippen LogP contribution >= 0.6 is 0 Å². The second-order valence-corrected chi connectivity index (χ2v) is 6.37. The van der Waals surface area contributed by atoms with Crippen molar-refractivity contribution in [2.24, 2.45) is 0 Å². The van der Waals surface area contributed by atoms with Crippen molar-refractivity contribution in [2.45, 2.75) is 71.8 Å². The number of unbranched alkanes of at least 4 members (excludes halogenated alkanes) is 7. The standard InChI is InChI=1S/C19H26F2N2O/c1-3-4-5-6-7-8-9-10-11-23-14(2)22-18-13-17(21)16(20)12-15(18)19(23)24/h12-13H,3-11H2,1-2H3.